The molecule has 1 aliphatic rings. The second-order valence-electron chi connectivity index (χ2n) is 4.07. The first kappa shape index (κ1) is 12.2. The van der Waals surface area contributed by atoms with E-state index in [9.17, 15) is 9.00 Å². The minimum atomic E-state index is -0.937. The molecule has 15 heavy (non-hydrogen) atoms. The van der Waals surface area contributed by atoms with Crippen LogP contribution in [-0.4, -0.2) is 28.2 Å². The molecular formula is C10H16N2O2S. The highest BCUT2D eigenvalue weighted by molar-refractivity contribution is 7.84. The van der Waals surface area contributed by atoms with E-state index >= 15 is 0 Å². The average Bonchev–Trinajstić information content (AvgIpc) is 2.13. The molecule has 0 radical (unpaired) electrons. The summed E-state index contributed by atoms with van der Waals surface area (Å²) in [5.74, 6) is -0.200. The van der Waals surface area contributed by atoms with Gasteiger partial charge in [0.2, 0.25) is 5.91 Å². The number of carbonyl (C=O) groups excluding carboxylic acids is 1. The quantitative estimate of drug-likeness (QED) is 0.764. The van der Waals surface area contributed by atoms with E-state index < -0.39 is 16.2 Å². The average molecular weight is 228 g/mol. The van der Waals surface area contributed by atoms with E-state index in [-0.39, 0.29) is 11.2 Å². The number of rotatable bonds is 4. The monoisotopic (exact) mass is 228 g/mol. The number of nitrogens with zero attached hydrogens (tertiary/aromatic N) is 1. The van der Waals surface area contributed by atoms with E-state index in [2.05, 4.69) is 11.4 Å². The Hall–Kier alpha value is -0.890. The maximum absolute atomic E-state index is 11.7. The standard InChI is InChI=1S/C10H16N2O2S/c1-8(15(2)14)6-12-9(13)10(7-11)4-3-5-10/h8H,3-6H2,1-2H3,(H,12,13). The van der Waals surface area contributed by atoms with Crippen LogP contribution in [0.3, 0.4) is 0 Å². The van der Waals surface area contributed by atoms with Crippen LogP contribution in [0.25, 0.3) is 0 Å². The second-order valence-corrected chi connectivity index (χ2v) is 5.87. The number of nitriles is 1. The summed E-state index contributed by atoms with van der Waals surface area (Å²) in [6.07, 6.45) is 3.86. The van der Waals surface area contributed by atoms with Gasteiger partial charge in [-0.15, -0.1) is 0 Å². The lowest BCUT2D eigenvalue weighted by Crippen LogP contribution is -2.46. The van der Waals surface area contributed by atoms with Gasteiger partial charge in [-0.1, -0.05) is 0 Å². The molecule has 1 N–H and O–H groups in total. The Morgan fingerprint density at radius 3 is 2.60 bits per heavy atom. The molecule has 5 heteroatoms. The van der Waals surface area contributed by atoms with E-state index in [4.69, 9.17) is 5.26 Å². The molecule has 0 aromatic heterocycles. The Bertz CT molecular complexity index is 318. The molecule has 0 bridgehead atoms. The fourth-order valence-corrected chi connectivity index (χ4v) is 1.76. The Balaban J connectivity index is 2.43. The molecule has 0 aliphatic heterocycles. The SMILES string of the molecule is CC(CNC(=O)C1(C#N)CCC1)S(C)=O. The number of hydrogen-bond acceptors (Lipinski definition) is 3. The van der Waals surface area contributed by atoms with Crippen LogP contribution in [0.1, 0.15) is 26.2 Å². The van der Waals surface area contributed by atoms with Crippen LogP contribution in [0.5, 0.6) is 0 Å². The molecular weight excluding hydrogens is 212 g/mol. The number of amides is 1. The van der Waals surface area contributed by atoms with E-state index in [1.165, 1.54) is 0 Å². The second kappa shape index (κ2) is 4.75. The van der Waals surface area contributed by atoms with E-state index in [0.717, 1.165) is 6.42 Å². The van der Waals surface area contributed by atoms with Gasteiger partial charge >= 0.3 is 0 Å². The molecule has 1 fully saturated rings. The molecule has 2 atom stereocenters. The van der Waals surface area contributed by atoms with E-state index in [0.29, 0.717) is 19.4 Å². The van der Waals surface area contributed by atoms with Crippen molar-refractivity contribution in [3.63, 3.8) is 0 Å². The van der Waals surface area contributed by atoms with Crippen molar-refractivity contribution < 1.29 is 9.00 Å². The molecule has 2 unspecified atom stereocenters. The molecule has 0 aromatic rings. The number of carbonyl (C=O) groups is 1. The van der Waals surface area contributed by atoms with Crippen molar-refractivity contribution in [2.75, 3.05) is 12.8 Å². The molecule has 1 saturated carbocycles. The van der Waals surface area contributed by atoms with Gasteiger partial charge < -0.3 is 5.32 Å². The van der Waals surface area contributed by atoms with Gasteiger partial charge in [0.05, 0.1) is 6.07 Å². The van der Waals surface area contributed by atoms with Crippen LogP contribution in [0, 0.1) is 16.7 Å². The minimum Gasteiger partial charge on any atom is -0.354 e. The highest BCUT2D eigenvalue weighted by Gasteiger charge is 2.44. The van der Waals surface area contributed by atoms with Crippen LogP contribution in [0.15, 0.2) is 0 Å². The molecule has 0 spiro atoms. The van der Waals surface area contributed by atoms with Crippen molar-refractivity contribution in [3.8, 4) is 6.07 Å². The fourth-order valence-electron chi connectivity index (χ4n) is 1.44. The Labute approximate surface area is 92.5 Å². The zero-order valence-corrected chi connectivity index (χ0v) is 9.89. The summed E-state index contributed by atoms with van der Waals surface area (Å²) in [6.45, 7) is 2.20. The van der Waals surface area contributed by atoms with Crippen LogP contribution >= 0.6 is 0 Å². The van der Waals surface area contributed by atoms with Gasteiger partial charge in [0.25, 0.3) is 0 Å². The number of hydrogen-bond donors (Lipinski definition) is 1. The van der Waals surface area contributed by atoms with Crippen LogP contribution in [0.2, 0.25) is 0 Å². The molecule has 84 valence electrons. The first-order valence-corrected chi connectivity index (χ1v) is 6.66. The Kier molecular flexibility index (Phi) is 3.86. The summed E-state index contributed by atoms with van der Waals surface area (Å²) < 4.78 is 11.1. The summed E-state index contributed by atoms with van der Waals surface area (Å²) in [5, 5.41) is 11.5. The Morgan fingerprint density at radius 1 is 1.67 bits per heavy atom. The fraction of sp³-hybridized carbons (Fsp3) is 0.800. The molecule has 0 aromatic carbocycles. The van der Waals surface area contributed by atoms with Gasteiger partial charge in [0.15, 0.2) is 0 Å². The van der Waals surface area contributed by atoms with Crippen molar-refractivity contribution in [1.82, 2.24) is 5.32 Å². The highest BCUT2D eigenvalue weighted by Crippen LogP contribution is 2.40. The molecule has 0 heterocycles. The smallest absolute Gasteiger partial charge is 0.240 e. The van der Waals surface area contributed by atoms with Crippen molar-refractivity contribution >= 4 is 16.7 Å². The number of nitrogens with one attached hydrogen (secondary N) is 1. The summed E-state index contributed by atoms with van der Waals surface area (Å²) in [7, 11) is -0.937. The summed E-state index contributed by atoms with van der Waals surface area (Å²) >= 11 is 0. The van der Waals surface area contributed by atoms with Crippen molar-refractivity contribution in [1.29, 1.82) is 5.26 Å². The maximum atomic E-state index is 11.7. The van der Waals surface area contributed by atoms with Gasteiger partial charge in [0.1, 0.15) is 5.41 Å². The van der Waals surface area contributed by atoms with Gasteiger partial charge in [-0.05, 0) is 26.2 Å². The van der Waals surface area contributed by atoms with Crippen molar-refractivity contribution in [3.05, 3.63) is 0 Å². The van der Waals surface area contributed by atoms with Gasteiger partial charge in [-0.25, -0.2) is 0 Å². The maximum Gasteiger partial charge on any atom is 0.240 e. The molecule has 1 aliphatic carbocycles. The van der Waals surface area contributed by atoms with Crippen molar-refractivity contribution in [2.24, 2.45) is 5.41 Å². The predicted octanol–water partition coefficient (Wildman–Crippen LogP) is 0.563. The molecule has 4 nitrogen and oxygen atoms in total. The van der Waals surface area contributed by atoms with Crippen LogP contribution in [0.4, 0.5) is 0 Å². The molecule has 1 amide bonds. The highest BCUT2D eigenvalue weighted by atomic mass is 32.2. The minimum absolute atomic E-state index is 0.0650. The zero-order chi connectivity index (χ0) is 11.5. The molecule has 1 rings (SSSR count). The van der Waals surface area contributed by atoms with Gasteiger partial charge in [0, 0.05) is 28.9 Å². The third-order valence-electron chi connectivity index (χ3n) is 2.97. The van der Waals surface area contributed by atoms with Gasteiger partial charge in [-0.3, -0.25) is 9.00 Å². The van der Waals surface area contributed by atoms with Crippen molar-refractivity contribution in [2.45, 2.75) is 31.4 Å². The first-order chi connectivity index (χ1) is 7.02. The van der Waals surface area contributed by atoms with Crippen LogP contribution < -0.4 is 5.32 Å². The summed E-state index contributed by atoms with van der Waals surface area (Å²) in [5.41, 5.74) is -0.797. The Morgan fingerprint density at radius 2 is 2.27 bits per heavy atom. The van der Waals surface area contributed by atoms with E-state index in [1.807, 2.05) is 6.92 Å². The first-order valence-electron chi connectivity index (χ1n) is 5.03. The largest absolute Gasteiger partial charge is 0.354 e. The topological polar surface area (TPSA) is 70.0 Å². The lowest BCUT2D eigenvalue weighted by Gasteiger charge is -2.33. The third kappa shape index (κ3) is 2.57. The summed E-state index contributed by atoms with van der Waals surface area (Å²) in [6, 6.07) is 2.08. The summed E-state index contributed by atoms with van der Waals surface area (Å²) in [4.78, 5) is 11.7. The zero-order valence-electron chi connectivity index (χ0n) is 9.08. The van der Waals surface area contributed by atoms with Crippen LogP contribution in [-0.2, 0) is 15.6 Å². The normalized spacial score (nSPS) is 21.9. The predicted molar refractivity (Wildman–Crippen MR) is 58.4 cm³/mol. The lowest BCUT2D eigenvalue weighted by atomic mass is 9.69. The van der Waals surface area contributed by atoms with E-state index in [1.54, 1.807) is 6.26 Å². The molecule has 0 saturated heterocycles. The third-order valence-corrected chi connectivity index (χ3v) is 4.27. The lowest BCUT2D eigenvalue weighted by molar-refractivity contribution is -0.131. The van der Waals surface area contributed by atoms with Gasteiger partial charge in [-0.2, -0.15) is 5.26 Å².